The van der Waals surface area contributed by atoms with E-state index in [2.05, 4.69) is 36.2 Å². The van der Waals surface area contributed by atoms with E-state index in [0.29, 0.717) is 24.9 Å². The minimum absolute atomic E-state index is 0.245. The van der Waals surface area contributed by atoms with Gasteiger partial charge in [-0.3, -0.25) is 9.88 Å². The Labute approximate surface area is 228 Å². The van der Waals surface area contributed by atoms with Crippen molar-refractivity contribution in [1.29, 1.82) is 0 Å². The van der Waals surface area contributed by atoms with Gasteiger partial charge in [0.2, 0.25) is 5.95 Å². The molecule has 1 aliphatic heterocycles. The topological polar surface area (TPSA) is 108 Å². The third-order valence-corrected chi connectivity index (χ3v) is 6.52. The first-order valence-electron chi connectivity index (χ1n) is 13.1. The van der Waals surface area contributed by atoms with Gasteiger partial charge in [-0.15, -0.1) is 0 Å². The van der Waals surface area contributed by atoms with Crippen LogP contribution in [0.25, 0.3) is 22.2 Å². The van der Waals surface area contributed by atoms with Crippen molar-refractivity contribution in [3.8, 4) is 16.9 Å². The van der Waals surface area contributed by atoms with Gasteiger partial charge in [0.1, 0.15) is 17.2 Å². The summed E-state index contributed by atoms with van der Waals surface area (Å²) in [4.78, 5) is 33.3. The summed E-state index contributed by atoms with van der Waals surface area (Å²) in [6.07, 6.45) is 3.30. The molecule has 4 heterocycles. The number of fused-ring (bicyclic) bond motifs is 1. The average Bonchev–Trinajstić information content (AvgIpc) is 3.29. The number of aromatic amines is 1. The van der Waals surface area contributed by atoms with Crippen LogP contribution in [0.5, 0.6) is 5.75 Å². The first-order valence-corrected chi connectivity index (χ1v) is 13.1. The second-order valence-electron chi connectivity index (χ2n) is 10.8. The van der Waals surface area contributed by atoms with Crippen molar-refractivity contribution in [3.63, 3.8) is 0 Å². The smallest absolute Gasteiger partial charge is 0.410 e. The van der Waals surface area contributed by atoms with E-state index in [-0.39, 0.29) is 6.09 Å². The summed E-state index contributed by atoms with van der Waals surface area (Å²) in [6.45, 7) is 11.3. The summed E-state index contributed by atoms with van der Waals surface area (Å²) < 4.78 is 11.0. The van der Waals surface area contributed by atoms with Crippen molar-refractivity contribution in [3.05, 3.63) is 60.0 Å². The van der Waals surface area contributed by atoms with Crippen LogP contribution in [0.4, 0.5) is 16.6 Å². The molecular weight excluding hydrogens is 494 g/mol. The number of hydrogen-bond acceptors (Lipinski definition) is 8. The van der Waals surface area contributed by atoms with E-state index in [0.717, 1.165) is 58.8 Å². The quantitative estimate of drug-likeness (QED) is 0.354. The number of imidazole rings is 1. The largest absolute Gasteiger partial charge is 0.494 e. The number of aromatic nitrogens is 4. The van der Waals surface area contributed by atoms with Gasteiger partial charge in [0.05, 0.1) is 24.3 Å². The van der Waals surface area contributed by atoms with Crippen LogP contribution >= 0.6 is 0 Å². The fraction of sp³-hybridized carbons (Fsp3) is 0.379. The number of carbonyl (C=O) groups is 1. The minimum Gasteiger partial charge on any atom is -0.494 e. The standard InChI is InChI=1S/C29H35N7O3/c1-19-14-22(25(38-5)17-31-19)21-6-7-23-24(16-21)33-27(32-23)34-26-15-20(8-9-30-26)18-35-10-12-36(13-11-35)28(37)39-29(2,3)4/h6-9,14-17H,10-13,18H2,1-5H3,(H2,30,32,33,34). The highest BCUT2D eigenvalue weighted by Crippen LogP contribution is 2.32. The zero-order valence-electron chi connectivity index (χ0n) is 23.1. The van der Waals surface area contributed by atoms with Crippen molar-refractivity contribution < 1.29 is 14.3 Å². The number of rotatable bonds is 6. The molecule has 1 fully saturated rings. The molecule has 0 spiro atoms. The van der Waals surface area contributed by atoms with Crippen LogP contribution < -0.4 is 10.1 Å². The highest BCUT2D eigenvalue weighted by atomic mass is 16.6. The summed E-state index contributed by atoms with van der Waals surface area (Å²) in [7, 11) is 1.65. The van der Waals surface area contributed by atoms with E-state index in [1.165, 1.54) is 0 Å². The van der Waals surface area contributed by atoms with E-state index in [1.54, 1.807) is 24.4 Å². The van der Waals surface area contributed by atoms with Gasteiger partial charge in [-0.25, -0.2) is 14.8 Å². The normalized spacial score (nSPS) is 14.4. The van der Waals surface area contributed by atoms with E-state index >= 15 is 0 Å². The first-order chi connectivity index (χ1) is 18.7. The Morgan fingerprint density at radius 1 is 1.08 bits per heavy atom. The molecule has 0 radical (unpaired) electrons. The molecule has 2 N–H and O–H groups in total. The Kier molecular flexibility index (Phi) is 7.38. The SMILES string of the molecule is COc1cnc(C)cc1-c1ccc2nc(Nc3cc(CN4CCN(C(=O)OC(C)(C)C)CC4)ccn3)[nH]c2c1. The molecule has 3 aromatic heterocycles. The zero-order valence-corrected chi connectivity index (χ0v) is 23.1. The average molecular weight is 530 g/mol. The third kappa shape index (κ3) is 6.46. The van der Waals surface area contributed by atoms with Crippen molar-refractivity contribution in [2.75, 3.05) is 38.6 Å². The molecule has 0 aliphatic carbocycles. The number of hydrogen-bond donors (Lipinski definition) is 2. The van der Waals surface area contributed by atoms with Gasteiger partial charge < -0.3 is 24.7 Å². The fourth-order valence-electron chi connectivity index (χ4n) is 4.61. The van der Waals surface area contributed by atoms with Gasteiger partial charge in [0.25, 0.3) is 0 Å². The van der Waals surface area contributed by atoms with Crippen molar-refractivity contribution in [2.24, 2.45) is 0 Å². The van der Waals surface area contributed by atoms with Gasteiger partial charge in [-0.05, 0) is 69.2 Å². The lowest BCUT2D eigenvalue weighted by molar-refractivity contribution is 0.0139. The second kappa shape index (κ2) is 10.9. The fourth-order valence-corrected chi connectivity index (χ4v) is 4.61. The second-order valence-corrected chi connectivity index (χ2v) is 10.8. The number of nitrogens with zero attached hydrogens (tertiary/aromatic N) is 5. The number of methoxy groups -OCH3 is 1. The maximum atomic E-state index is 12.3. The molecule has 10 heteroatoms. The maximum absolute atomic E-state index is 12.3. The molecule has 1 amide bonds. The molecule has 0 unspecified atom stereocenters. The number of anilines is 2. The van der Waals surface area contributed by atoms with Crippen LogP contribution in [-0.2, 0) is 11.3 Å². The summed E-state index contributed by atoms with van der Waals surface area (Å²) in [5.74, 6) is 2.06. The van der Waals surface area contributed by atoms with Crippen LogP contribution in [0.15, 0.2) is 48.8 Å². The predicted octanol–water partition coefficient (Wildman–Crippen LogP) is 5.13. The highest BCUT2D eigenvalue weighted by Gasteiger charge is 2.25. The van der Waals surface area contributed by atoms with Gasteiger partial charge in [0.15, 0.2) is 0 Å². The van der Waals surface area contributed by atoms with E-state index in [4.69, 9.17) is 9.47 Å². The van der Waals surface area contributed by atoms with Crippen LogP contribution in [0, 0.1) is 6.92 Å². The number of ether oxygens (including phenoxy) is 2. The lowest BCUT2D eigenvalue weighted by Crippen LogP contribution is -2.49. The van der Waals surface area contributed by atoms with Crippen LogP contribution in [0.2, 0.25) is 0 Å². The van der Waals surface area contributed by atoms with Crippen LogP contribution in [0.1, 0.15) is 32.0 Å². The zero-order chi connectivity index (χ0) is 27.6. The van der Waals surface area contributed by atoms with Gasteiger partial charge in [-0.1, -0.05) is 6.07 Å². The number of pyridine rings is 2. The maximum Gasteiger partial charge on any atom is 0.410 e. The number of piperazine rings is 1. The molecule has 39 heavy (non-hydrogen) atoms. The Hall–Kier alpha value is -4.18. The number of nitrogens with one attached hydrogen (secondary N) is 2. The Balaban J connectivity index is 1.23. The van der Waals surface area contributed by atoms with Crippen molar-refractivity contribution in [1.82, 2.24) is 29.7 Å². The molecule has 1 aliphatic rings. The minimum atomic E-state index is -0.483. The highest BCUT2D eigenvalue weighted by molar-refractivity contribution is 5.85. The number of amides is 1. The summed E-state index contributed by atoms with van der Waals surface area (Å²) in [6, 6.07) is 12.1. The molecule has 10 nitrogen and oxygen atoms in total. The molecule has 1 aromatic carbocycles. The van der Waals surface area contributed by atoms with Gasteiger partial charge in [-0.2, -0.15) is 0 Å². The molecule has 0 atom stereocenters. The van der Waals surface area contributed by atoms with Gasteiger partial charge in [0, 0.05) is 50.2 Å². The number of H-pyrrole nitrogens is 1. The molecule has 1 saturated heterocycles. The monoisotopic (exact) mass is 529 g/mol. The predicted molar refractivity (Wildman–Crippen MR) is 151 cm³/mol. The molecule has 4 aromatic rings. The molecule has 5 rings (SSSR count). The number of benzene rings is 1. The van der Waals surface area contributed by atoms with Crippen molar-refractivity contribution in [2.45, 2.75) is 39.8 Å². The van der Waals surface area contributed by atoms with Crippen LogP contribution in [0.3, 0.4) is 0 Å². The number of aryl methyl sites for hydroxylation is 1. The molecular formula is C29H35N7O3. The van der Waals surface area contributed by atoms with E-state index in [1.807, 2.05) is 58.0 Å². The number of carbonyl (C=O) groups excluding carboxylic acids is 1. The van der Waals surface area contributed by atoms with E-state index < -0.39 is 5.60 Å². The Morgan fingerprint density at radius 3 is 2.62 bits per heavy atom. The third-order valence-electron chi connectivity index (χ3n) is 6.52. The Bertz CT molecular complexity index is 1470. The van der Waals surface area contributed by atoms with E-state index in [9.17, 15) is 4.79 Å². The molecule has 0 saturated carbocycles. The lowest BCUT2D eigenvalue weighted by Gasteiger charge is -2.35. The lowest BCUT2D eigenvalue weighted by atomic mass is 10.0. The van der Waals surface area contributed by atoms with Gasteiger partial charge >= 0.3 is 6.09 Å². The summed E-state index contributed by atoms with van der Waals surface area (Å²) in [5.41, 5.74) is 5.34. The summed E-state index contributed by atoms with van der Waals surface area (Å²) in [5, 5.41) is 3.31. The first kappa shape index (κ1) is 26.4. The van der Waals surface area contributed by atoms with Crippen LogP contribution in [-0.4, -0.2) is 74.7 Å². The van der Waals surface area contributed by atoms with Crippen molar-refractivity contribution >= 4 is 28.9 Å². The molecule has 204 valence electrons. The summed E-state index contributed by atoms with van der Waals surface area (Å²) >= 11 is 0. The molecule has 0 bridgehead atoms. The Morgan fingerprint density at radius 2 is 1.87 bits per heavy atom.